The molecule has 0 saturated carbocycles. The molecule has 0 aliphatic heterocycles. The van der Waals surface area contributed by atoms with Crippen molar-refractivity contribution in [3.8, 4) is 22.6 Å². The Balaban J connectivity index is 1.65. The van der Waals surface area contributed by atoms with E-state index in [1.165, 1.54) is 18.2 Å². The molecule has 4 aromatic rings. The lowest BCUT2D eigenvalue weighted by Gasteiger charge is -2.19. The van der Waals surface area contributed by atoms with Gasteiger partial charge in [-0.05, 0) is 67.8 Å². The van der Waals surface area contributed by atoms with E-state index in [0.29, 0.717) is 17.7 Å². The molecule has 0 saturated heterocycles. The van der Waals surface area contributed by atoms with Crippen LogP contribution in [0, 0.1) is 0 Å². The first kappa shape index (κ1) is 24.8. The number of phenolic OH excluding ortho intramolecular Hbond substituents is 1. The molecular weight excluding hydrogens is 460 g/mol. The van der Waals surface area contributed by atoms with Crippen LogP contribution in [0.25, 0.3) is 22.0 Å². The predicted octanol–water partition coefficient (Wildman–Crippen LogP) is 4.36. The molecule has 36 heavy (non-hydrogen) atoms. The average molecular weight is 489 g/mol. The molecule has 3 aromatic carbocycles. The molecule has 8 heteroatoms. The number of hydrogen-bond acceptors (Lipinski definition) is 5. The summed E-state index contributed by atoms with van der Waals surface area (Å²) in [7, 11) is 0. The van der Waals surface area contributed by atoms with Crippen molar-refractivity contribution in [1.82, 2.24) is 10.3 Å². The summed E-state index contributed by atoms with van der Waals surface area (Å²) >= 11 is 0. The minimum absolute atomic E-state index is 0.00961. The molecule has 1 heterocycles. The number of carbonyl (C=O) groups excluding carboxylic acids is 1. The fourth-order valence-electron chi connectivity index (χ4n) is 4.12. The topological polar surface area (TPSA) is 132 Å². The van der Waals surface area contributed by atoms with Gasteiger partial charge in [-0.3, -0.25) is 4.79 Å². The molecule has 0 fully saturated rings. The number of rotatable bonds is 9. The van der Waals surface area contributed by atoms with Crippen LogP contribution in [0.2, 0.25) is 0 Å². The van der Waals surface area contributed by atoms with Crippen LogP contribution in [0.5, 0.6) is 11.5 Å². The van der Waals surface area contributed by atoms with Crippen LogP contribution in [0.4, 0.5) is 0 Å². The Hall–Kier alpha value is -4.30. The number of carboxylic acids is 1. The number of fused-ring (bicyclic) bond motifs is 1. The number of carbonyl (C=O) groups is 2. The minimum atomic E-state index is -1.13. The Labute approximate surface area is 208 Å². The third-order valence-corrected chi connectivity index (χ3v) is 5.84. The van der Waals surface area contributed by atoms with E-state index in [4.69, 9.17) is 4.74 Å². The van der Waals surface area contributed by atoms with Crippen LogP contribution < -0.4 is 10.1 Å². The lowest BCUT2D eigenvalue weighted by molar-refractivity contribution is 0.0696. The Morgan fingerprint density at radius 1 is 1.06 bits per heavy atom. The summed E-state index contributed by atoms with van der Waals surface area (Å²) < 4.78 is 5.84. The highest BCUT2D eigenvalue weighted by atomic mass is 16.5. The number of hydrogen-bond donors (Lipinski definition) is 5. The second-order valence-corrected chi connectivity index (χ2v) is 8.83. The fraction of sp³-hybridized carbons (Fsp3) is 0.214. The molecule has 0 aliphatic carbocycles. The molecule has 0 radical (unpaired) electrons. The Morgan fingerprint density at radius 3 is 2.56 bits per heavy atom. The van der Waals surface area contributed by atoms with E-state index >= 15 is 0 Å². The Kier molecular flexibility index (Phi) is 7.26. The molecular formula is C28H28N2O6. The third-order valence-electron chi connectivity index (χ3n) is 5.84. The number of para-hydroxylation sites is 1. The zero-order valence-corrected chi connectivity index (χ0v) is 20.0. The predicted molar refractivity (Wildman–Crippen MR) is 137 cm³/mol. The summed E-state index contributed by atoms with van der Waals surface area (Å²) in [4.78, 5) is 28.0. The highest BCUT2D eigenvalue weighted by Crippen LogP contribution is 2.34. The van der Waals surface area contributed by atoms with Crippen molar-refractivity contribution >= 4 is 22.8 Å². The first-order valence-corrected chi connectivity index (χ1v) is 11.6. The van der Waals surface area contributed by atoms with Crippen LogP contribution in [0.1, 0.15) is 40.1 Å². The largest absolute Gasteiger partial charge is 0.507 e. The van der Waals surface area contributed by atoms with Crippen molar-refractivity contribution in [3.05, 3.63) is 83.6 Å². The number of aromatic hydroxyl groups is 1. The smallest absolute Gasteiger partial charge is 0.335 e. The third kappa shape index (κ3) is 5.34. The highest BCUT2D eigenvalue weighted by molar-refractivity contribution is 5.99. The van der Waals surface area contributed by atoms with E-state index in [2.05, 4.69) is 10.3 Å². The van der Waals surface area contributed by atoms with Crippen molar-refractivity contribution in [2.45, 2.75) is 32.4 Å². The number of aliphatic hydroxyl groups is 1. The molecule has 0 bridgehead atoms. The van der Waals surface area contributed by atoms with Crippen molar-refractivity contribution < 1.29 is 29.6 Å². The maximum atomic E-state index is 13.4. The van der Waals surface area contributed by atoms with Gasteiger partial charge in [0.1, 0.15) is 11.5 Å². The van der Waals surface area contributed by atoms with Crippen LogP contribution in [0.3, 0.4) is 0 Å². The Bertz CT molecular complexity index is 1410. The summed E-state index contributed by atoms with van der Waals surface area (Å²) in [6.45, 7) is 3.41. The monoisotopic (exact) mass is 488 g/mol. The number of nitrogens with one attached hydrogen (secondary N) is 2. The summed E-state index contributed by atoms with van der Waals surface area (Å²) in [6, 6.07) is 16.0. The van der Waals surface area contributed by atoms with Gasteiger partial charge >= 0.3 is 5.97 Å². The molecule has 1 aromatic heterocycles. The van der Waals surface area contributed by atoms with Crippen LogP contribution >= 0.6 is 0 Å². The number of aromatic nitrogens is 1. The van der Waals surface area contributed by atoms with Crippen molar-refractivity contribution in [2.24, 2.45) is 0 Å². The van der Waals surface area contributed by atoms with Gasteiger partial charge in [0.05, 0.1) is 29.9 Å². The molecule has 1 amide bonds. The van der Waals surface area contributed by atoms with Crippen LogP contribution in [-0.4, -0.2) is 50.9 Å². The number of amides is 1. The van der Waals surface area contributed by atoms with Crippen LogP contribution in [-0.2, 0) is 6.42 Å². The minimum Gasteiger partial charge on any atom is -0.507 e. The van der Waals surface area contributed by atoms with E-state index in [1.807, 2.05) is 44.3 Å². The van der Waals surface area contributed by atoms with Crippen molar-refractivity contribution in [2.75, 3.05) is 6.61 Å². The molecule has 4 rings (SSSR count). The molecule has 1 atom stereocenters. The zero-order valence-electron chi connectivity index (χ0n) is 20.0. The van der Waals surface area contributed by atoms with Gasteiger partial charge in [0.2, 0.25) is 0 Å². The molecule has 8 nitrogen and oxygen atoms in total. The maximum absolute atomic E-state index is 13.4. The number of aromatic carboxylic acids is 1. The summed E-state index contributed by atoms with van der Waals surface area (Å²) in [5.41, 5.74) is 2.88. The highest BCUT2D eigenvalue weighted by Gasteiger charge is 2.21. The van der Waals surface area contributed by atoms with Gasteiger partial charge in [-0.25, -0.2) is 4.79 Å². The first-order valence-electron chi connectivity index (χ1n) is 11.6. The number of phenols is 1. The lowest BCUT2D eigenvalue weighted by atomic mass is 9.98. The quantitative estimate of drug-likeness (QED) is 0.238. The second kappa shape index (κ2) is 10.5. The van der Waals surface area contributed by atoms with Crippen LogP contribution in [0.15, 0.2) is 66.9 Å². The van der Waals surface area contributed by atoms with Gasteiger partial charge in [0.25, 0.3) is 5.91 Å². The molecule has 186 valence electrons. The average Bonchev–Trinajstić information content (AvgIpc) is 3.26. The normalized spacial score (nSPS) is 12.0. The van der Waals surface area contributed by atoms with Crippen molar-refractivity contribution in [1.29, 1.82) is 0 Å². The van der Waals surface area contributed by atoms with Gasteiger partial charge in [0, 0.05) is 22.7 Å². The number of ether oxygens (including phenoxy) is 1. The Morgan fingerprint density at radius 2 is 1.83 bits per heavy atom. The van der Waals surface area contributed by atoms with E-state index in [1.54, 1.807) is 18.2 Å². The maximum Gasteiger partial charge on any atom is 0.335 e. The standard InChI is InChI=1S/C28H28N2O6/c1-16(2)36-26-10-8-17(22-13-18(28(34)35)7-9-25(22)32)12-23(26)27(33)30-20(15-31)11-19-14-29-24-6-4-3-5-21(19)24/h3-10,12-14,16,20,29,31-32H,11,15H2,1-2H3,(H,30,33)(H,34,35)/t20-/m1/s1. The molecule has 0 spiro atoms. The van der Waals surface area contributed by atoms with E-state index < -0.39 is 17.9 Å². The van der Waals surface area contributed by atoms with Gasteiger partial charge < -0.3 is 30.4 Å². The fourth-order valence-corrected chi connectivity index (χ4v) is 4.12. The molecule has 0 aliphatic rings. The number of carboxylic acid groups (broad SMARTS) is 1. The van der Waals surface area contributed by atoms with E-state index in [0.717, 1.165) is 16.5 Å². The van der Waals surface area contributed by atoms with Crippen molar-refractivity contribution in [3.63, 3.8) is 0 Å². The van der Waals surface area contributed by atoms with Gasteiger partial charge in [0.15, 0.2) is 0 Å². The van der Waals surface area contributed by atoms with E-state index in [9.17, 15) is 24.9 Å². The number of benzene rings is 3. The summed E-state index contributed by atoms with van der Waals surface area (Å²) in [5.74, 6) is -1.36. The second-order valence-electron chi connectivity index (χ2n) is 8.83. The van der Waals surface area contributed by atoms with E-state index in [-0.39, 0.29) is 35.2 Å². The lowest BCUT2D eigenvalue weighted by Crippen LogP contribution is -2.39. The first-order chi connectivity index (χ1) is 17.3. The van der Waals surface area contributed by atoms with Gasteiger partial charge in [-0.1, -0.05) is 24.3 Å². The van der Waals surface area contributed by atoms with Gasteiger partial charge in [-0.2, -0.15) is 0 Å². The SMILES string of the molecule is CC(C)Oc1ccc(-c2cc(C(=O)O)ccc2O)cc1C(=O)N[C@@H](CO)Cc1c[nH]c2ccccc12. The zero-order chi connectivity index (χ0) is 25.8. The van der Waals surface area contributed by atoms with Gasteiger partial charge in [-0.15, -0.1) is 0 Å². The number of aliphatic hydroxyl groups excluding tert-OH is 1. The molecule has 5 N–H and O–H groups in total. The summed E-state index contributed by atoms with van der Waals surface area (Å²) in [5, 5.41) is 33.6. The summed E-state index contributed by atoms with van der Waals surface area (Å²) in [6.07, 6.45) is 2.07. The number of aromatic amines is 1. The number of H-pyrrole nitrogens is 1. The molecule has 0 unspecified atom stereocenters.